The molecular formula is C23H22N4S2. The molecule has 4 rings (SSSR count). The summed E-state index contributed by atoms with van der Waals surface area (Å²) in [6.07, 6.45) is 0. The van der Waals surface area contributed by atoms with Gasteiger partial charge >= 0.3 is 0 Å². The SMILES string of the molecule is CCSC1(SCC)N=C(N)C2(C#N)C(c3ccc(-c4ccccc4)cc3)C12C#N. The van der Waals surface area contributed by atoms with Gasteiger partial charge in [0, 0.05) is 5.92 Å². The van der Waals surface area contributed by atoms with Gasteiger partial charge in [0.1, 0.15) is 16.7 Å². The summed E-state index contributed by atoms with van der Waals surface area (Å²) in [6, 6.07) is 23.3. The van der Waals surface area contributed by atoms with Gasteiger partial charge in [0.05, 0.1) is 12.1 Å². The number of aliphatic imine (C=N–C) groups is 1. The van der Waals surface area contributed by atoms with Crippen molar-refractivity contribution in [3.63, 3.8) is 0 Å². The van der Waals surface area contributed by atoms with Crippen LogP contribution in [0.4, 0.5) is 0 Å². The fourth-order valence-electron chi connectivity index (χ4n) is 4.75. The summed E-state index contributed by atoms with van der Waals surface area (Å²) in [5, 5.41) is 20.6. The van der Waals surface area contributed by atoms with Crippen LogP contribution in [0.5, 0.6) is 0 Å². The van der Waals surface area contributed by atoms with E-state index >= 15 is 0 Å². The van der Waals surface area contributed by atoms with Crippen LogP contribution in [0.2, 0.25) is 0 Å². The van der Waals surface area contributed by atoms with Crippen LogP contribution < -0.4 is 5.73 Å². The lowest BCUT2D eigenvalue weighted by molar-refractivity contribution is 0.564. The van der Waals surface area contributed by atoms with Crippen molar-refractivity contribution in [3.8, 4) is 23.3 Å². The zero-order chi connectivity index (χ0) is 20.7. The third kappa shape index (κ3) is 2.43. The first-order valence-electron chi connectivity index (χ1n) is 9.68. The highest BCUT2D eigenvalue weighted by molar-refractivity contribution is 8.18. The number of rotatable bonds is 6. The third-order valence-electron chi connectivity index (χ3n) is 5.96. The number of fused-ring (bicyclic) bond motifs is 1. The van der Waals surface area contributed by atoms with Gasteiger partial charge in [-0.05, 0) is 28.2 Å². The van der Waals surface area contributed by atoms with Gasteiger partial charge in [0.15, 0.2) is 4.20 Å². The molecule has 4 nitrogen and oxygen atoms in total. The Labute approximate surface area is 180 Å². The van der Waals surface area contributed by atoms with Crippen molar-refractivity contribution < 1.29 is 0 Å². The number of nitrogens with zero attached hydrogens (tertiary/aromatic N) is 3. The molecule has 2 aromatic rings. The second-order valence-electron chi connectivity index (χ2n) is 7.21. The van der Waals surface area contributed by atoms with Gasteiger partial charge < -0.3 is 5.73 Å². The van der Waals surface area contributed by atoms with E-state index in [-0.39, 0.29) is 5.92 Å². The molecule has 0 aromatic heterocycles. The summed E-state index contributed by atoms with van der Waals surface area (Å²) in [6.45, 7) is 4.11. The van der Waals surface area contributed by atoms with Crippen LogP contribution in [0, 0.1) is 33.5 Å². The lowest BCUT2D eigenvalue weighted by Gasteiger charge is -2.31. The molecule has 0 bridgehead atoms. The molecule has 1 fully saturated rings. The van der Waals surface area contributed by atoms with Crippen LogP contribution in [0.25, 0.3) is 11.1 Å². The van der Waals surface area contributed by atoms with E-state index in [0.29, 0.717) is 5.84 Å². The molecule has 1 aliphatic carbocycles. The zero-order valence-corrected chi connectivity index (χ0v) is 18.1. The van der Waals surface area contributed by atoms with Crippen molar-refractivity contribution in [2.45, 2.75) is 24.0 Å². The van der Waals surface area contributed by atoms with Crippen molar-refractivity contribution in [2.75, 3.05) is 11.5 Å². The fraction of sp³-hybridized carbons (Fsp3) is 0.348. The minimum Gasteiger partial charge on any atom is -0.386 e. The summed E-state index contributed by atoms with van der Waals surface area (Å²) in [7, 11) is 0. The average Bonchev–Trinajstić information content (AvgIpc) is 3.34. The van der Waals surface area contributed by atoms with E-state index in [1.54, 1.807) is 23.5 Å². The van der Waals surface area contributed by atoms with Crippen molar-refractivity contribution in [3.05, 3.63) is 60.2 Å². The van der Waals surface area contributed by atoms with Crippen LogP contribution in [0.1, 0.15) is 25.3 Å². The van der Waals surface area contributed by atoms with Gasteiger partial charge in [-0.1, -0.05) is 68.4 Å². The van der Waals surface area contributed by atoms with Gasteiger partial charge in [0.2, 0.25) is 0 Å². The number of hydrogen-bond acceptors (Lipinski definition) is 6. The van der Waals surface area contributed by atoms with Crippen LogP contribution >= 0.6 is 23.5 Å². The minimum atomic E-state index is -1.06. The van der Waals surface area contributed by atoms with E-state index in [4.69, 9.17) is 10.7 Å². The Kier molecular flexibility index (Phi) is 4.89. The van der Waals surface area contributed by atoms with Crippen LogP contribution in [0.15, 0.2) is 59.6 Å². The standard InChI is InChI=1S/C23H22N4S2/c1-3-28-23(29-4-2)22(15-25)19(21(22,14-24)20(26)27-23)18-12-10-17(11-13-18)16-8-6-5-7-9-16/h5-13,19H,3-4H2,1-2H3,(H2,26,27). The first-order chi connectivity index (χ1) is 14.1. The van der Waals surface area contributed by atoms with Gasteiger partial charge in [-0.2, -0.15) is 10.5 Å². The molecule has 6 heteroatoms. The van der Waals surface area contributed by atoms with E-state index < -0.39 is 15.0 Å². The molecule has 0 amide bonds. The first-order valence-corrected chi connectivity index (χ1v) is 11.7. The predicted octanol–water partition coefficient (Wildman–Crippen LogP) is 5.00. The Morgan fingerprint density at radius 2 is 1.52 bits per heavy atom. The van der Waals surface area contributed by atoms with Gasteiger partial charge in [-0.25, -0.2) is 4.99 Å². The van der Waals surface area contributed by atoms with Gasteiger partial charge in [-0.15, -0.1) is 23.5 Å². The number of nitrogens with two attached hydrogens (primary N) is 1. The zero-order valence-electron chi connectivity index (χ0n) is 16.4. The summed E-state index contributed by atoms with van der Waals surface area (Å²) in [4.78, 5) is 4.73. The van der Waals surface area contributed by atoms with Crippen LogP contribution in [-0.2, 0) is 0 Å². The van der Waals surface area contributed by atoms with Crippen molar-refractivity contribution in [1.82, 2.24) is 0 Å². The largest absolute Gasteiger partial charge is 0.386 e. The number of hydrogen-bond donors (Lipinski definition) is 1. The number of thioether (sulfide) groups is 2. The number of benzene rings is 2. The lowest BCUT2D eigenvalue weighted by atomic mass is 9.97. The molecule has 29 heavy (non-hydrogen) atoms. The Hall–Kier alpha value is -2.41. The highest BCUT2D eigenvalue weighted by Crippen LogP contribution is 2.85. The molecule has 1 saturated carbocycles. The molecule has 146 valence electrons. The molecule has 1 heterocycles. The molecule has 0 radical (unpaired) electrons. The van der Waals surface area contributed by atoms with E-state index in [0.717, 1.165) is 28.2 Å². The maximum absolute atomic E-state index is 10.4. The van der Waals surface area contributed by atoms with Gasteiger partial charge in [0.25, 0.3) is 0 Å². The molecular weight excluding hydrogens is 396 g/mol. The summed E-state index contributed by atoms with van der Waals surface area (Å²) in [5.74, 6) is 1.63. The van der Waals surface area contributed by atoms with E-state index in [9.17, 15) is 10.5 Å². The predicted molar refractivity (Wildman–Crippen MR) is 121 cm³/mol. The number of nitriles is 2. The minimum absolute atomic E-state index is 0.273. The quantitative estimate of drug-likeness (QED) is 0.667. The lowest BCUT2D eigenvalue weighted by Crippen LogP contribution is -2.31. The van der Waals surface area contributed by atoms with Gasteiger partial charge in [-0.3, -0.25) is 0 Å². The summed E-state index contributed by atoms with van der Waals surface area (Å²) < 4.78 is -0.742. The summed E-state index contributed by atoms with van der Waals surface area (Å²) >= 11 is 3.24. The van der Waals surface area contributed by atoms with E-state index in [2.05, 4.69) is 50.3 Å². The Bertz CT molecular complexity index is 1030. The van der Waals surface area contributed by atoms with Crippen LogP contribution in [0.3, 0.4) is 0 Å². The fourth-order valence-corrected chi connectivity index (χ4v) is 8.00. The molecule has 0 saturated heterocycles. The molecule has 1 aliphatic heterocycles. The summed E-state index contributed by atoms with van der Waals surface area (Å²) in [5.41, 5.74) is 7.58. The van der Waals surface area contributed by atoms with Crippen LogP contribution in [-0.4, -0.2) is 21.5 Å². The van der Waals surface area contributed by atoms with Crippen molar-refractivity contribution >= 4 is 29.4 Å². The monoisotopic (exact) mass is 418 g/mol. The second-order valence-corrected chi connectivity index (χ2v) is 10.4. The Balaban J connectivity index is 1.80. The van der Waals surface area contributed by atoms with E-state index in [1.807, 2.05) is 30.3 Å². The maximum Gasteiger partial charge on any atom is 0.175 e. The molecule has 2 aliphatic rings. The van der Waals surface area contributed by atoms with Crippen molar-refractivity contribution in [2.24, 2.45) is 21.6 Å². The second kappa shape index (κ2) is 7.13. The first kappa shape index (κ1) is 19.9. The highest BCUT2D eigenvalue weighted by atomic mass is 32.2. The normalized spacial score (nSPS) is 28.7. The van der Waals surface area contributed by atoms with E-state index in [1.165, 1.54) is 0 Å². The third-order valence-corrected chi connectivity index (χ3v) is 8.85. The molecule has 0 spiro atoms. The smallest absolute Gasteiger partial charge is 0.175 e. The molecule has 3 atom stereocenters. The number of amidine groups is 1. The molecule has 3 unspecified atom stereocenters. The Morgan fingerprint density at radius 3 is 2.03 bits per heavy atom. The molecule has 2 N–H and O–H groups in total. The van der Waals surface area contributed by atoms with Crippen molar-refractivity contribution in [1.29, 1.82) is 10.5 Å². The topological polar surface area (TPSA) is 86.0 Å². The average molecular weight is 419 g/mol. The highest BCUT2D eigenvalue weighted by Gasteiger charge is 2.91. The molecule has 2 aromatic carbocycles. The maximum atomic E-state index is 10.4. The Morgan fingerprint density at radius 1 is 0.931 bits per heavy atom.